The van der Waals surface area contributed by atoms with Crippen molar-refractivity contribution in [3.63, 3.8) is 0 Å². The molecule has 1 rings (SSSR count). The predicted molar refractivity (Wildman–Crippen MR) is 95.3 cm³/mol. The van der Waals surface area contributed by atoms with E-state index in [1.54, 1.807) is 11.3 Å². The van der Waals surface area contributed by atoms with E-state index in [9.17, 15) is 0 Å². The third-order valence-corrected chi connectivity index (χ3v) is 4.88. The van der Waals surface area contributed by atoms with Gasteiger partial charge in [-0.1, -0.05) is 27.7 Å². The van der Waals surface area contributed by atoms with Crippen molar-refractivity contribution < 1.29 is 0 Å². The summed E-state index contributed by atoms with van der Waals surface area (Å²) in [6.45, 7) is 12.9. The summed E-state index contributed by atoms with van der Waals surface area (Å²) in [5.74, 6) is 2.11. The smallest absolute Gasteiger partial charge is 0.0929 e. The first kappa shape index (κ1) is 18.9. The van der Waals surface area contributed by atoms with E-state index in [2.05, 4.69) is 43.0 Å². The van der Waals surface area contributed by atoms with E-state index in [-0.39, 0.29) is 0 Å². The second-order valence-electron chi connectivity index (χ2n) is 6.68. The largest absolute Gasteiger partial charge is 0.303 e. The molecule has 0 aliphatic rings. The SMILES string of the molecule is CC(C)CCN(CCCc1nc(CCl)cs1)CCC(C)C. The first-order valence-electron chi connectivity index (χ1n) is 8.22. The Bertz CT molecular complexity index is 365. The minimum absolute atomic E-state index is 0.533. The van der Waals surface area contributed by atoms with Gasteiger partial charge in [0.1, 0.15) is 0 Å². The van der Waals surface area contributed by atoms with Crippen molar-refractivity contribution in [2.24, 2.45) is 11.8 Å². The van der Waals surface area contributed by atoms with Gasteiger partial charge in [0.15, 0.2) is 0 Å². The van der Waals surface area contributed by atoms with Crippen LogP contribution >= 0.6 is 22.9 Å². The molecule has 21 heavy (non-hydrogen) atoms. The third kappa shape index (κ3) is 8.80. The number of alkyl halides is 1. The zero-order valence-electron chi connectivity index (χ0n) is 14.1. The summed E-state index contributed by atoms with van der Waals surface area (Å²) in [6.07, 6.45) is 4.88. The van der Waals surface area contributed by atoms with E-state index in [1.165, 1.54) is 43.9 Å². The van der Waals surface area contributed by atoms with Gasteiger partial charge in [-0.25, -0.2) is 4.98 Å². The van der Waals surface area contributed by atoms with Crippen LogP contribution in [0.1, 0.15) is 57.7 Å². The lowest BCUT2D eigenvalue weighted by Gasteiger charge is -2.24. The Morgan fingerprint density at radius 2 is 1.71 bits per heavy atom. The normalized spacial score (nSPS) is 12.0. The summed E-state index contributed by atoms with van der Waals surface area (Å²) < 4.78 is 0. The fourth-order valence-electron chi connectivity index (χ4n) is 2.20. The molecule has 122 valence electrons. The molecule has 0 saturated heterocycles. The highest BCUT2D eigenvalue weighted by molar-refractivity contribution is 7.09. The van der Waals surface area contributed by atoms with E-state index in [1.807, 2.05) is 0 Å². The maximum Gasteiger partial charge on any atom is 0.0929 e. The van der Waals surface area contributed by atoms with Crippen molar-refractivity contribution in [3.05, 3.63) is 16.1 Å². The standard InChI is InChI=1S/C17H31ClN2S/c1-14(2)7-10-20(11-8-15(3)4)9-5-6-17-19-16(12-18)13-21-17/h13-15H,5-12H2,1-4H3. The molecule has 0 saturated carbocycles. The lowest BCUT2D eigenvalue weighted by Crippen LogP contribution is -2.29. The van der Waals surface area contributed by atoms with Crippen molar-refractivity contribution >= 4 is 22.9 Å². The highest BCUT2D eigenvalue weighted by Gasteiger charge is 2.08. The Labute approximate surface area is 139 Å². The second-order valence-corrected chi connectivity index (χ2v) is 7.89. The molecular weight excluding hydrogens is 300 g/mol. The molecule has 0 unspecified atom stereocenters. The summed E-state index contributed by atoms with van der Waals surface area (Å²) >= 11 is 7.55. The Balaban J connectivity index is 2.32. The van der Waals surface area contributed by atoms with Crippen LogP contribution in [0.3, 0.4) is 0 Å². The summed E-state index contributed by atoms with van der Waals surface area (Å²) in [5, 5.41) is 3.32. The van der Waals surface area contributed by atoms with Crippen LogP contribution in [0, 0.1) is 11.8 Å². The van der Waals surface area contributed by atoms with Crippen LogP contribution in [0.25, 0.3) is 0 Å². The third-order valence-electron chi connectivity index (χ3n) is 3.65. The van der Waals surface area contributed by atoms with Gasteiger partial charge in [-0.05, 0) is 50.7 Å². The number of aromatic nitrogens is 1. The Morgan fingerprint density at radius 3 is 2.19 bits per heavy atom. The van der Waals surface area contributed by atoms with E-state index >= 15 is 0 Å². The van der Waals surface area contributed by atoms with Gasteiger partial charge in [0.25, 0.3) is 0 Å². The number of halogens is 1. The quantitative estimate of drug-likeness (QED) is 0.518. The lowest BCUT2D eigenvalue weighted by molar-refractivity contribution is 0.241. The molecule has 0 N–H and O–H groups in total. The van der Waals surface area contributed by atoms with Gasteiger partial charge in [0, 0.05) is 11.8 Å². The average molecular weight is 331 g/mol. The van der Waals surface area contributed by atoms with Crippen molar-refractivity contribution in [1.29, 1.82) is 0 Å². The Hall–Kier alpha value is -0.120. The van der Waals surface area contributed by atoms with Gasteiger partial charge >= 0.3 is 0 Å². The van der Waals surface area contributed by atoms with Crippen LogP contribution in [0.15, 0.2) is 5.38 Å². The Morgan fingerprint density at radius 1 is 1.10 bits per heavy atom. The molecule has 1 heterocycles. The minimum atomic E-state index is 0.533. The number of thiazole rings is 1. The molecule has 0 radical (unpaired) electrons. The van der Waals surface area contributed by atoms with Crippen molar-refractivity contribution in [2.45, 2.75) is 59.3 Å². The fourth-order valence-corrected chi connectivity index (χ4v) is 3.26. The van der Waals surface area contributed by atoms with Gasteiger partial charge in [0.05, 0.1) is 16.6 Å². The maximum atomic E-state index is 5.80. The molecular formula is C17H31ClN2S. The van der Waals surface area contributed by atoms with Crippen LogP contribution in [0.4, 0.5) is 0 Å². The van der Waals surface area contributed by atoms with Crippen LogP contribution in [-0.4, -0.2) is 29.5 Å². The van der Waals surface area contributed by atoms with Crippen molar-refractivity contribution in [1.82, 2.24) is 9.88 Å². The zero-order valence-corrected chi connectivity index (χ0v) is 15.6. The fraction of sp³-hybridized carbons (Fsp3) is 0.824. The molecule has 0 fully saturated rings. The molecule has 2 nitrogen and oxygen atoms in total. The van der Waals surface area contributed by atoms with Gasteiger partial charge in [-0.3, -0.25) is 0 Å². The number of hydrogen-bond acceptors (Lipinski definition) is 3. The molecule has 1 aromatic rings. The predicted octanol–water partition coefficient (Wildman–Crippen LogP) is 5.21. The number of hydrogen-bond donors (Lipinski definition) is 0. The average Bonchev–Trinajstić information content (AvgIpc) is 2.88. The van der Waals surface area contributed by atoms with Crippen LogP contribution in [-0.2, 0) is 12.3 Å². The molecule has 0 atom stereocenters. The summed E-state index contributed by atoms with van der Waals surface area (Å²) in [7, 11) is 0. The van der Waals surface area contributed by atoms with Crippen molar-refractivity contribution in [3.8, 4) is 0 Å². The number of nitrogens with zero attached hydrogens (tertiary/aromatic N) is 2. The maximum absolute atomic E-state index is 5.80. The number of rotatable bonds is 11. The summed E-state index contributed by atoms with van der Waals surface area (Å²) in [6, 6.07) is 0. The first-order chi connectivity index (χ1) is 10.0. The van der Waals surface area contributed by atoms with E-state index < -0.39 is 0 Å². The lowest BCUT2D eigenvalue weighted by atomic mass is 10.1. The molecule has 0 amide bonds. The highest BCUT2D eigenvalue weighted by atomic mass is 35.5. The monoisotopic (exact) mass is 330 g/mol. The molecule has 0 aliphatic carbocycles. The van der Waals surface area contributed by atoms with E-state index in [0.717, 1.165) is 24.0 Å². The second kappa shape index (κ2) is 10.6. The highest BCUT2D eigenvalue weighted by Crippen LogP contribution is 2.14. The van der Waals surface area contributed by atoms with Gasteiger partial charge in [0.2, 0.25) is 0 Å². The molecule has 0 spiro atoms. The summed E-state index contributed by atoms with van der Waals surface area (Å²) in [4.78, 5) is 7.18. The molecule has 0 bridgehead atoms. The van der Waals surface area contributed by atoms with E-state index in [0.29, 0.717) is 5.88 Å². The van der Waals surface area contributed by atoms with Gasteiger partial charge in [-0.15, -0.1) is 22.9 Å². The Kier molecular flexibility index (Phi) is 9.54. The van der Waals surface area contributed by atoms with Crippen LogP contribution in [0.2, 0.25) is 0 Å². The summed E-state index contributed by atoms with van der Waals surface area (Å²) in [5.41, 5.74) is 1.02. The topological polar surface area (TPSA) is 16.1 Å². The molecule has 4 heteroatoms. The van der Waals surface area contributed by atoms with Crippen LogP contribution < -0.4 is 0 Å². The van der Waals surface area contributed by atoms with E-state index in [4.69, 9.17) is 11.6 Å². The molecule has 0 aliphatic heterocycles. The van der Waals surface area contributed by atoms with Crippen molar-refractivity contribution in [2.75, 3.05) is 19.6 Å². The molecule has 0 aromatic carbocycles. The van der Waals surface area contributed by atoms with Crippen LogP contribution in [0.5, 0.6) is 0 Å². The number of aryl methyl sites for hydroxylation is 1. The van der Waals surface area contributed by atoms with Gasteiger partial charge in [-0.2, -0.15) is 0 Å². The molecule has 1 aromatic heterocycles. The minimum Gasteiger partial charge on any atom is -0.303 e. The van der Waals surface area contributed by atoms with Gasteiger partial charge < -0.3 is 4.90 Å². The zero-order chi connectivity index (χ0) is 15.7. The first-order valence-corrected chi connectivity index (χ1v) is 9.64.